The molecular weight excluding hydrogens is 404 g/mol. The molecule has 1 N–H and O–H groups in total. The largest absolute Gasteiger partial charge is 0.454 e. The topological polar surface area (TPSA) is 75.7 Å². The van der Waals surface area contributed by atoms with Crippen molar-refractivity contribution in [1.82, 2.24) is 5.32 Å². The van der Waals surface area contributed by atoms with Gasteiger partial charge in [-0.05, 0) is 47.1 Å². The van der Waals surface area contributed by atoms with Gasteiger partial charge in [0.2, 0.25) is 0 Å². The summed E-state index contributed by atoms with van der Waals surface area (Å²) in [7, 11) is 0. The lowest BCUT2D eigenvalue weighted by molar-refractivity contribution is -0.150. The Morgan fingerprint density at radius 2 is 1.69 bits per heavy atom. The number of carbonyl (C=O) groups is 3. The predicted molar refractivity (Wildman–Crippen MR) is 125 cm³/mol. The highest BCUT2D eigenvalue weighted by atomic mass is 16.5. The molecule has 0 spiro atoms. The molecule has 32 heavy (non-hydrogen) atoms. The van der Waals surface area contributed by atoms with E-state index in [0.717, 1.165) is 23.2 Å². The molecule has 170 valence electrons. The lowest BCUT2D eigenvalue weighted by Crippen LogP contribution is -2.46. The molecule has 0 bridgehead atoms. The van der Waals surface area contributed by atoms with Gasteiger partial charge in [-0.1, -0.05) is 65.0 Å². The highest BCUT2D eigenvalue weighted by Gasteiger charge is 2.29. The summed E-state index contributed by atoms with van der Waals surface area (Å²) in [6.45, 7) is 10.2. The molecule has 2 aromatic rings. The van der Waals surface area contributed by atoms with Crippen LogP contribution in [-0.4, -0.2) is 37.0 Å². The van der Waals surface area contributed by atoms with Gasteiger partial charge < -0.3 is 15.0 Å². The Kier molecular flexibility index (Phi) is 7.02. The van der Waals surface area contributed by atoms with Gasteiger partial charge in [-0.15, -0.1) is 0 Å². The first-order valence-electron chi connectivity index (χ1n) is 11.0. The van der Waals surface area contributed by atoms with E-state index in [1.54, 1.807) is 17.0 Å². The molecule has 3 rings (SSSR count). The maximum atomic E-state index is 12.7. The van der Waals surface area contributed by atoms with Crippen LogP contribution < -0.4 is 10.2 Å². The average Bonchev–Trinajstić information content (AvgIpc) is 3.19. The van der Waals surface area contributed by atoms with Crippen LogP contribution in [0.5, 0.6) is 0 Å². The number of hydrogen-bond donors (Lipinski definition) is 1. The average molecular weight is 437 g/mol. The lowest BCUT2D eigenvalue weighted by Gasteiger charge is -2.23. The Hall–Kier alpha value is -3.15. The molecule has 6 heteroatoms. The monoisotopic (exact) mass is 436 g/mol. The second-order valence-electron chi connectivity index (χ2n) is 9.55. The van der Waals surface area contributed by atoms with E-state index in [4.69, 9.17) is 4.74 Å². The van der Waals surface area contributed by atoms with Crippen LogP contribution in [0.1, 0.15) is 56.1 Å². The van der Waals surface area contributed by atoms with Gasteiger partial charge >= 0.3 is 5.97 Å². The van der Waals surface area contributed by atoms with Crippen molar-refractivity contribution < 1.29 is 19.1 Å². The third kappa shape index (κ3) is 5.36. The van der Waals surface area contributed by atoms with Crippen LogP contribution >= 0.6 is 0 Å². The summed E-state index contributed by atoms with van der Waals surface area (Å²) >= 11 is 0. The third-order valence-electron chi connectivity index (χ3n) is 5.75. The number of anilines is 1. The Bertz CT molecular complexity index is 990. The number of ether oxygens (including phenoxy) is 1. The molecule has 0 fully saturated rings. The number of hydrogen-bond acceptors (Lipinski definition) is 4. The third-order valence-corrected chi connectivity index (χ3v) is 5.75. The summed E-state index contributed by atoms with van der Waals surface area (Å²) < 4.78 is 5.31. The number of benzene rings is 2. The molecule has 1 aliphatic heterocycles. The quantitative estimate of drug-likeness (QED) is 0.698. The first kappa shape index (κ1) is 23.5. The second-order valence-corrected chi connectivity index (χ2v) is 9.55. The normalized spacial score (nSPS) is 14.1. The summed E-state index contributed by atoms with van der Waals surface area (Å²) in [6.07, 6.45) is 0.786. The van der Waals surface area contributed by atoms with E-state index in [9.17, 15) is 14.4 Å². The summed E-state index contributed by atoms with van der Waals surface area (Å²) in [4.78, 5) is 39.7. The van der Waals surface area contributed by atoms with Crippen molar-refractivity contribution >= 4 is 23.5 Å². The minimum Gasteiger partial charge on any atom is -0.454 e. The number of amides is 2. The van der Waals surface area contributed by atoms with Crippen LogP contribution in [-0.2, 0) is 26.2 Å². The van der Waals surface area contributed by atoms with Gasteiger partial charge in [-0.3, -0.25) is 9.59 Å². The molecule has 1 atom stereocenters. The molecule has 0 radical (unpaired) electrons. The van der Waals surface area contributed by atoms with Crippen molar-refractivity contribution in [1.29, 1.82) is 0 Å². The molecule has 2 aromatic carbocycles. The van der Waals surface area contributed by atoms with Crippen LogP contribution in [0.25, 0.3) is 0 Å². The van der Waals surface area contributed by atoms with Crippen molar-refractivity contribution in [2.24, 2.45) is 5.92 Å². The second kappa shape index (κ2) is 9.55. The van der Waals surface area contributed by atoms with Gasteiger partial charge in [0.15, 0.2) is 6.61 Å². The van der Waals surface area contributed by atoms with Crippen LogP contribution in [0.4, 0.5) is 5.69 Å². The maximum absolute atomic E-state index is 12.7. The Labute approximate surface area is 189 Å². The first-order valence-corrected chi connectivity index (χ1v) is 11.0. The van der Waals surface area contributed by atoms with Crippen LogP contribution in [0.2, 0.25) is 0 Å². The van der Waals surface area contributed by atoms with Crippen molar-refractivity contribution in [3.8, 4) is 0 Å². The van der Waals surface area contributed by atoms with Crippen LogP contribution in [0, 0.1) is 5.92 Å². The van der Waals surface area contributed by atoms with E-state index in [2.05, 4.69) is 26.1 Å². The summed E-state index contributed by atoms with van der Waals surface area (Å²) in [5.74, 6) is -1.42. The van der Waals surface area contributed by atoms with E-state index in [1.807, 2.05) is 50.2 Å². The van der Waals surface area contributed by atoms with Gasteiger partial charge in [-0.2, -0.15) is 0 Å². The minimum absolute atomic E-state index is 0.0122. The summed E-state index contributed by atoms with van der Waals surface area (Å²) in [5.41, 5.74) is 3.55. The number of nitrogens with zero attached hydrogens (tertiary/aromatic N) is 1. The van der Waals surface area contributed by atoms with Crippen molar-refractivity contribution in [3.05, 3.63) is 65.2 Å². The fraction of sp³-hybridized carbons (Fsp3) is 0.423. The molecular formula is C26H32N2O4. The fourth-order valence-electron chi connectivity index (χ4n) is 3.74. The Morgan fingerprint density at radius 3 is 2.31 bits per heavy atom. The number of esters is 1. The number of carbonyl (C=O) groups excluding carboxylic acids is 3. The molecule has 6 nitrogen and oxygen atoms in total. The molecule has 0 saturated heterocycles. The van der Waals surface area contributed by atoms with Crippen molar-refractivity contribution in [2.75, 3.05) is 18.1 Å². The van der Waals surface area contributed by atoms with Crippen LogP contribution in [0.15, 0.2) is 48.5 Å². The summed E-state index contributed by atoms with van der Waals surface area (Å²) in [5, 5.41) is 2.76. The van der Waals surface area contributed by atoms with Gasteiger partial charge in [0, 0.05) is 17.8 Å². The Morgan fingerprint density at radius 1 is 1.03 bits per heavy atom. The molecule has 0 aromatic heterocycles. The lowest BCUT2D eigenvalue weighted by atomic mass is 9.86. The van der Waals surface area contributed by atoms with Gasteiger partial charge in [0.1, 0.15) is 6.04 Å². The first-order chi connectivity index (χ1) is 15.1. The molecule has 1 heterocycles. The maximum Gasteiger partial charge on any atom is 0.329 e. The van der Waals surface area contributed by atoms with E-state index in [-0.39, 0.29) is 29.8 Å². The zero-order valence-electron chi connectivity index (χ0n) is 19.5. The molecule has 0 aliphatic carbocycles. The van der Waals surface area contributed by atoms with Crippen molar-refractivity contribution in [2.45, 2.75) is 52.5 Å². The van der Waals surface area contributed by atoms with Gasteiger partial charge in [0.05, 0.1) is 0 Å². The van der Waals surface area contributed by atoms with Gasteiger partial charge in [0.25, 0.3) is 11.8 Å². The fourth-order valence-corrected chi connectivity index (χ4v) is 3.74. The number of para-hydroxylation sites is 1. The highest BCUT2D eigenvalue weighted by Crippen LogP contribution is 2.27. The standard InChI is InChI=1S/C26H32N2O4/c1-17(2)23(27-24(30)19-10-12-20(13-11-19)26(3,4)5)25(31)32-16-22(29)28-15-14-18-8-6-7-9-21(18)28/h6-13,17,23H,14-16H2,1-5H3,(H,27,30). The Balaban J connectivity index is 1.60. The number of fused-ring (bicyclic) bond motifs is 1. The number of nitrogens with one attached hydrogen (secondary N) is 1. The molecule has 1 unspecified atom stereocenters. The van der Waals surface area contributed by atoms with E-state index >= 15 is 0 Å². The van der Waals surface area contributed by atoms with E-state index < -0.39 is 12.0 Å². The van der Waals surface area contributed by atoms with Crippen LogP contribution in [0.3, 0.4) is 0 Å². The minimum atomic E-state index is -0.844. The van der Waals surface area contributed by atoms with E-state index in [1.165, 1.54) is 0 Å². The smallest absolute Gasteiger partial charge is 0.329 e. The SMILES string of the molecule is CC(C)C(NC(=O)c1ccc(C(C)(C)C)cc1)C(=O)OCC(=O)N1CCc2ccccc21. The number of rotatable bonds is 6. The molecule has 2 amide bonds. The summed E-state index contributed by atoms with van der Waals surface area (Å²) in [6, 6.07) is 14.2. The molecule has 0 saturated carbocycles. The zero-order valence-corrected chi connectivity index (χ0v) is 19.5. The molecule has 1 aliphatic rings. The highest BCUT2D eigenvalue weighted by molar-refractivity contribution is 5.99. The van der Waals surface area contributed by atoms with E-state index in [0.29, 0.717) is 12.1 Å². The predicted octanol–water partition coefficient (Wildman–Crippen LogP) is 3.87. The zero-order chi connectivity index (χ0) is 23.5. The van der Waals surface area contributed by atoms with Crippen molar-refractivity contribution in [3.63, 3.8) is 0 Å². The van der Waals surface area contributed by atoms with Gasteiger partial charge in [-0.25, -0.2) is 4.79 Å².